The topological polar surface area (TPSA) is 81.9 Å². The zero-order valence-corrected chi connectivity index (χ0v) is 14.3. The van der Waals surface area contributed by atoms with Crippen molar-refractivity contribution in [3.05, 3.63) is 30.0 Å². The molecule has 0 atom stereocenters. The Kier molecular flexibility index (Phi) is 4.89. The smallest absolute Gasteiger partial charge is 0.270 e. The molecule has 24 heavy (non-hydrogen) atoms. The number of carbonyl (C=O) groups is 1. The van der Waals surface area contributed by atoms with E-state index in [1.54, 1.807) is 25.7 Å². The maximum absolute atomic E-state index is 12.6. The summed E-state index contributed by atoms with van der Waals surface area (Å²) in [5.41, 5.74) is 1.94. The normalized spacial score (nSPS) is 20.8. The molecule has 0 unspecified atom stereocenters. The van der Waals surface area contributed by atoms with E-state index in [1.807, 2.05) is 18.5 Å². The lowest BCUT2D eigenvalue weighted by Crippen LogP contribution is -2.39. The van der Waals surface area contributed by atoms with E-state index >= 15 is 0 Å². The van der Waals surface area contributed by atoms with Gasteiger partial charge in [-0.05, 0) is 38.7 Å². The van der Waals surface area contributed by atoms with Gasteiger partial charge in [-0.1, -0.05) is 0 Å². The lowest BCUT2D eigenvalue weighted by atomic mass is 9.93. The van der Waals surface area contributed by atoms with Crippen molar-refractivity contribution in [1.82, 2.24) is 24.8 Å². The summed E-state index contributed by atoms with van der Waals surface area (Å²) in [7, 11) is 3.62. The van der Waals surface area contributed by atoms with Gasteiger partial charge in [-0.2, -0.15) is 0 Å². The second-order valence-electron chi connectivity index (χ2n) is 6.29. The summed E-state index contributed by atoms with van der Waals surface area (Å²) in [5.74, 6) is 0.369. The van der Waals surface area contributed by atoms with Gasteiger partial charge in [-0.25, -0.2) is 15.0 Å². The van der Waals surface area contributed by atoms with E-state index < -0.39 is 0 Å². The van der Waals surface area contributed by atoms with Crippen molar-refractivity contribution < 1.29 is 9.53 Å². The first kappa shape index (κ1) is 16.6. The summed E-state index contributed by atoms with van der Waals surface area (Å²) in [6.07, 6.45) is 7.52. The van der Waals surface area contributed by atoms with Crippen LogP contribution in [0.3, 0.4) is 0 Å². The number of hydrogen-bond donors (Lipinski definition) is 1. The fraction of sp³-hybridized carbons (Fsp3) is 0.529. The zero-order valence-electron chi connectivity index (χ0n) is 14.3. The molecule has 2 aromatic rings. The molecule has 1 fully saturated rings. The van der Waals surface area contributed by atoms with Crippen LogP contribution in [0.2, 0.25) is 0 Å². The number of aromatic nitrogens is 4. The van der Waals surface area contributed by atoms with Crippen LogP contribution in [0.5, 0.6) is 0 Å². The molecular formula is C17H23N5O2. The Morgan fingerprint density at radius 1 is 1.29 bits per heavy atom. The van der Waals surface area contributed by atoms with Crippen LogP contribution in [0.4, 0.5) is 0 Å². The first-order valence-electron chi connectivity index (χ1n) is 8.23. The molecule has 1 amide bonds. The Balaban J connectivity index is 1.73. The Hall–Kier alpha value is -2.28. The highest BCUT2D eigenvalue weighted by Gasteiger charge is 2.23. The third-order valence-electron chi connectivity index (χ3n) is 4.48. The lowest BCUT2D eigenvalue weighted by Gasteiger charge is -2.28. The summed E-state index contributed by atoms with van der Waals surface area (Å²) >= 11 is 0. The molecule has 0 spiro atoms. The SMILES string of the molecule is COC1CCC(NC(=O)c2cc(C)nc(-c3cncn3C)n2)CC1. The van der Waals surface area contributed by atoms with Crippen molar-refractivity contribution in [2.45, 2.75) is 44.8 Å². The van der Waals surface area contributed by atoms with E-state index in [2.05, 4.69) is 20.3 Å². The van der Waals surface area contributed by atoms with Crippen LogP contribution in [0.25, 0.3) is 11.5 Å². The van der Waals surface area contributed by atoms with Gasteiger partial charge >= 0.3 is 0 Å². The van der Waals surface area contributed by atoms with E-state index in [1.165, 1.54) is 0 Å². The average molecular weight is 329 g/mol. The predicted molar refractivity (Wildman–Crippen MR) is 89.5 cm³/mol. The minimum atomic E-state index is -0.148. The maximum Gasteiger partial charge on any atom is 0.270 e. The second kappa shape index (κ2) is 7.09. The van der Waals surface area contributed by atoms with Gasteiger partial charge in [0.1, 0.15) is 11.4 Å². The van der Waals surface area contributed by atoms with Crippen LogP contribution >= 0.6 is 0 Å². The van der Waals surface area contributed by atoms with Crippen LogP contribution in [0, 0.1) is 6.92 Å². The largest absolute Gasteiger partial charge is 0.381 e. The van der Waals surface area contributed by atoms with Gasteiger partial charge in [0.2, 0.25) is 0 Å². The minimum Gasteiger partial charge on any atom is -0.381 e. The monoisotopic (exact) mass is 329 g/mol. The summed E-state index contributed by atoms with van der Waals surface area (Å²) in [6.45, 7) is 1.86. The molecule has 1 aliphatic carbocycles. The Labute approximate surface area is 141 Å². The minimum absolute atomic E-state index is 0.148. The molecule has 7 nitrogen and oxygen atoms in total. The molecule has 1 aliphatic rings. The molecule has 1 N–H and O–H groups in total. The van der Waals surface area contributed by atoms with Crippen molar-refractivity contribution in [1.29, 1.82) is 0 Å². The molecule has 0 aromatic carbocycles. The third kappa shape index (κ3) is 3.62. The van der Waals surface area contributed by atoms with Crippen molar-refractivity contribution in [2.24, 2.45) is 7.05 Å². The first-order chi connectivity index (χ1) is 11.6. The summed E-state index contributed by atoms with van der Waals surface area (Å²) in [5, 5.41) is 3.09. The highest BCUT2D eigenvalue weighted by molar-refractivity contribution is 5.92. The standard InChI is InChI=1S/C17H23N5O2/c1-11-8-14(21-16(19-11)15-9-18-10-22(15)2)17(23)20-12-4-6-13(24-3)7-5-12/h8-10,12-13H,4-7H2,1-3H3,(H,20,23). The average Bonchev–Trinajstić information content (AvgIpc) is 3.01. The maximum atomic E-state index is 12.6. The number of nitrogens with zero attached hydrogens (tertiary/aromatic N) is 4. The molecule has 2 aromatic heterocycles. The van der Waals surface area contributed by atoms with Crippen LogP contribution in [-0.4, -0.2) is 44.7 Å². The first-order valence-corrected chi connectivity index (χ1v) is 8.23. The molecule has 2 heterocycles. The van der Waals surface area contributed by atoms with Crippen LogP contribution < -0.4 is 5.32 Å². The van der Waals surface area contributed by atoms with Crippen LogP contribution in [0.15, 0.2) is 18.6 Å². The van der Waals surface area contributed by atoms with Crippen molar-refractivity contribution in [2.75, 3.05) is 7.11 Å². The third-order valence-corrected chi connectivity index (χ3v) is 4.48. The van der Waals surface area contributed by atoms with Gasteiger partial charge in [0.05, 0.1) is 18.6 Å². The Morgan fingerprint density at radius 3 is 2.67 bits per heavy atom. The Bertz CT molecular complexity index is 720. The highest BCUT2D eigenvalue weighted by atomic mass is 16.5. The Morgan fingerprint density at radius 2 is 2.04 bits per heavy atom. The van der Waals surface area contributed by atoms with Gasteiger partial charge in [0.25, 0.3) is 5.91 Å². The number of methoxy groups -OCH3 is 1. The van der Waals surface area contributed by atoms with Gasteiger partial charge in [0, 0.05) is 25.9 Å². The number of amides is 1. The molecule has 0 saturated heterocycles. The number of aryl methyl sites for hydroxylation is 2. The van der Waals surface area contributed by atoms with Crippen molar-refractivity contribution in [3.63, 3.8) is 0 Å². The molecule has 3 rings (SSSR count). The van der Waals surface area contributed by atoms with Gasteiger partial charge in [0.15, 0.2) is 5.82 Å². The van der Waals surface area contributed by atoms with Gasteiger partial charge < -0.3 is 14.6 Å². The van der Waals surface area contributed by atoms with E-state index in [0.29, 0.717) is 17.6 Å². The van der Waals surface area contributed by atoms with Crippen molar-refractivity contribution >= 4 is 5.91 Å². The molecule has 0 bridgehead atoms. The highest BCUT2D eigenvalue weighted by Crippen LogP contribution is 2.21. The molecule has 0 radical (unpaired) electrons. The molecule has 128 valence electrons. The zero-order chi connectivity index (χ0) is 17.1. The summed E-state index contributed by atoms with van der Waals surface area (Å²) in [6, 6.07) is 1.90. The molecule has 7 heteroatoms. The fourth-order valence-electron chi connectivity index (χ4n) is 3.07. The van der Waals surface area contributed by atoms with Crippen molar-refractivity contribution in [3.8, 4) is 11.5 Å². The molecular weight excluding hydrogens is 306 g/mol. The summed E-state index contributed by atoms with van der Waals surface area (Å²) < 4.78 is 7.21. The van der Waals surface area contributed by atoms with E-state index in [4.69, 9.17) is 4.74 Å². The number of carbonyl (C=O) groups excluding carboxylic acids is 1. The lowest BCUT2D eigenvalue weighted by molar-refractivity contribution is 0.0598. The number of hydrogen-bond acceptors (Lipinski definition) is 5. The van der Waals surface area contributed by atoms with Gasteiger partial charge in [-0.3, -0.25) is 4.79 Å². The number of imidazole rings is 1. The number of ether oxygens (including phenoxy) is 1. The molecule has 0 aliphatic heterocycles. The van der Waals surface area contributed by atoms with Gasteiger partial charge in [-0.15, -0.1) is 0 Å². The summed E-state index contributed by atoms with van der Waals surface area (Å²) in [4.78, 5) is 25.5. The van der Waals surface area contributed by atoms with Crippen LogP contribution in [0.1, 0.15) is 41.9 Å². The molecule has 1 saturated carbocycles. The second-order valence-corrected chi connectivity index (χ2v) is 6.29. The number of nitrogens with one attached hydrogen (secondary N) is 1. The van der Waals surface area contributed by atoms with Crippen LogP contribution in [-0.2, 0) is 11.8 Å². The predicted octanol–water partition coefficient (Wildman–Crippen LogP) is 1.87. The quantitative estimate of drug-likeness (QED) is 0.926. The van der Waals surface area contributed by atoms with E-state index in [9.17, 15) is 4.79 Å². The fourth-order valence-corrected chi connectivity index (χ4v) is 3.07. The van der Waals surface area contributed by atoms with E-state index in [-0.39, 0.29) is 11.9 Å². The number of rotatable bonds is 4. The van der Waals surface area contributed by atoms with E-state index in [0.717, 1.165) is 37.1 Å².